The van der Waals surface area contributed by atoms with E-state index >= 15 is 0 Å². The number of ether oxygens (including phenoxy) is 2. The van der Waals surface area contributed by atoms with E-state index in [1.807, 2.05) is 38.1 Å². The van der Waals surface area contributed by atoms with Gasteiger partial charge in [-0.15, -0.1) is 0 Å². The van der Waals surface area contributed by atoms with E-state index in [1.165, 1.54) is 0 Å². The number of methoxy groups -OCH3 is 1. The molecule has 120 valence electrons. The average Bonchev–Trinajstić information content (AvgIpc) is 2.57. The van der Waals surface area contributed by atoms with Crippen LogP contribution in [0.15, 0.2) is 54.4 Å². The lowest BCUT2D eigenvalue weighted by Crippen LogP contribution is -2.41. The molecule has 0 N–H and O–H groups in total. The Morgan fingerprint density at radius 3 is 2.36 bits per heavy atom. The molecule has 0 saturated carbocycles. The minimum Gasteiger partial charge on any atom is -0.497 e. The fourth-order valence-corrected chi connectivity index (χ4v) is 2.03. The third kappa shape index (κ3) is 4.65. The number of nitrogens with zero attached hydrogens (tertiary/aromatic N) is 1. The molecule has 1 aliphatic heterocycles. The van der Waals surface area contributed by atoms with Gasteiger partial charge < -0.3 is 9.47 Å². The highest BCUT2D eigenvalue weighted by atomic mass is 16.6. The van der Waals surface area contributed by atoms with Gasteiger partial charge in [-0.05, 0) is 30.2 Å². The van der Waals surface area contributed by atoms with Gasteiger partial charge in [0.1, 0.15) is 11.5 Å². The van der Waals surface area contributed by atoms with Crippen LogP contribution in [0.25, 0.3) is 0 Å². The van der Waals surface area contributed by atoms with Crippen LogP contribution in [0.2, 0.25) is 0 Å². The topological polar surface area (TPSA) is 38.8 Å². The number of para-hydroxylation sites is 1. The van der Waals surface area contributed by atoms with Gasteiger partial charge in [0.2, 0.25) is 0 Å². The Labute approximate surface area is 133 Å². The molecule has 4 heteroatoms. The highest BCUT2D eigenvalue weighted by Gasteiger charge is 2.27. The molecule has 0 bridgehead atoms. The van der Waals surface area contributed by atoms with Crippen LogP contribution >= 0.6 is 0 Å². The van der Waals surface area contributed by atoms with Gasteiger partial charge in [0.05, 0.1) is 13.2 Å². The zero-order chi connectivity index (χ0) is 16.5. The molecular formula is C18H25NO3. The van der Waals surface area contributed by atoms with Crippen molar-refractivity contribution in [2.24, 2.45) is 5.92 Å². The van der Waals surface area contributed by atoms with Gasteiger partial charge in [-0.25, -0.2) is 4.79 Å². The Morgan fingerprint density at radius 1 is 1.18 bits per heavy atom. The minimum absolute atomic E-state index is 0.0776. The fourth-order valence-electron chi connectivity index (χ4n) is 2.03. The Morgan fingerprint density at radius 2 is 1.82 bits per heavy atom. The first-order valence-electron chi connectivity index (χ1n) is 7.61. The summed E-state index contributed by atoms with van der Waals surface area (Å²) in [5.74, 6) is 1.55. The molecule has 0 saturated heterocycles. The van der Waals surface area contributed by atoms with Crippen molar-refractivity contribution in [3.8, 4) is 5.75 Å². The molecule has 1 aliphatic rings. The van der Waals surface area contributed by atoms with Crippen molar-refractivity contribution < 1.29 is 14.3 Å². The quantitative estimate of drug-likeness (QED) is 0.819. The Hall–Kier alpha value is -2.23. The maximum atomic E-state index is 12.3. The molecule has 1 unspecified atom stereocenters. The van der Waals surface area contributed by atoms with E-state index in [-0.39, 0.29) is 12.0 Å². The summed E-state index contributed by atoms with van der Waals surface area (Å²) in [4.78, 5) is 13.8. The van der Waals surface area contributed by atoms with Crippen molar-refractivity contribution in [1.82, 2.24) is 4.90 Å². The summed E-state index contributed by atoms with van der Waals surface area (Å²) in [6.07, 6.45) is 4.99. The number of carbonyl (C=O) groups is 1. The minimum atomic E-state index is -0.391. The third-order valence-corrected chi connectivity index (χ3v) is 3.13. The van der Waals surface area contributed by atoms with Crippen LogP contribution in [0.3, 0.4) is 0 Å². The van der Waals surface area contributed by atoms with E-state index in [9.17, 15) is 4.79 Å². The first kappa shape index (κ1) is 17.8. The molecule has 0 aromatic heterocycles. The van der Waals surface area contributed by atoms with Gasteiger partial charge in [-0.3, -0.25) is 4.90 Å². The summed E-state index contributed by atoms with van der Waals surface area (Å²) in [6, 6.07) is 8.97. The van der Waals surface area contributed by atoms with Gasteiger partial charge in [-0.1, -0.05) is 45.9 Å². The molecular weight excluding hydrogens is 278 g/mol. The van der Waals surface area contributed by atoms with Crippen LogP contribution in [0.1, 0.15) is 27.7 Å². The van der Waals surface area contributed by atoms with E-state index in [4.69, 9.17) is 9.47 Å². The number of amides is 1. The molecule has 1 heterocycles. The lowest BCUT2D eigenvalue weighted by atomic mass is 10.0. The maximum absolute atomic E-state index is 12.3. The van der Waals surface area contributed by atoms with Crippen molar-refractivity contribution in [3.63, 3.8) is 0 Å². The van der Waals surface area contributed by atoms with E-state index in [1.54, 1.807) is 36.4 Å². The van der Waals surface area contributed by atoms with Crippen molar-refractivity contribution in [1.29, 1.82) is 0 Å². The highest BCUT2D eigenvalue weighted by Crippen LogP contribution is 2.22. The predicted molar refractivity (Wildman–Crippen MR) is 88.5 cm³/mol. The zero-order valence-corrected chi connectivity index (χ0v) is 13.9. The number of rotatable bonds is 3. The molecule has 0 radical (unpaired) electrons. The van der Waals surface area contributed by atoms with Crippen molar-refractivity contribution in [2.75, 3.05) is 7.11 Å². The van der Waals surface area contributed by atoms with Crippen LogP contribution in [0.5, 0.6) is 5.75 Å². The number of benzene rings is 1. The molecule has 2 rings (SSSR count). The molecule has 0 fully saturated rings. The van der Waals surface area contributed by atoms with E-state index < -0.39 is 6.09 Å². The average molecular weight is 303 g/mol. The van der Waals surface area contributed by atoms with E-state index in [0.29, 0.717) is 5.75 Å². The van der Waals surface area contributed by atoms with Crippen LogP contribution in [0.4, 0.5) is 4.79 Å². The third-order valence-electron chi connectivity index (χ3n) is 3.13. The molecule has 22 heavy (non-hydrogen) atoms. The SMILES string of the molecule is CC.COC1=CC(C(C)C)N(C(=O)Oc2ccccc2)C=C1. The Balaban J connectivity index is 0.00000116. The van der Waals surface area contributed by atoms with E-state index in [0.717, 1.165) is 5.76 Å². The monoisotopic (exact) mass is 303 g/mol. The van der Waals surface area contributed by atoms with Gasteiger partial charge in [0.15, 0.2) is 0 Å². The fraction of sp³-hybridized carbons (Fsp3) is 0.389. The zero-order valence-electron chi connectivity index (χ0n) is 13.9. The van der Waals surface area contributed by atoms with Crippen LogP contribution in [0, 0.1) is 5.92 Å². The Kier molecular flexibility index (Phi) is 7.23. The smallest absolute Gasteiger partial charge is 0.419 e. The summed E-state index contributed by atoms with van der Waals surface area (Å²) in [5.41, 5.74) is 0. The second-order valence-electron chi connectivity index (χ2n) is 4.91. The molecule has 1 amide bonds. The Bertz CT molecular complexity index is 520. The van der Waals surface area contributed by atoms with Crippen molar-refractivity contribution in [2.45, 2.75) is 33.7 Å². The number of hydrogen-bond acceptors (Lipinski definition) is 3. The van der Waals surface area contributed by atoms with Crippen LogP contribution in [-0.4, -0.2) is 24.1 Å². The van der Waals surface area contributed by atoms with Crippen LogP contribution < -0.4 is 4.74 Å². The normalized spacial score (nSPS) is 16.5. The summed E-state index contributed by atoms with van der Waals surface area (Å²) in [5, 5.41) is 0. The highest BCUT2D eigenvalue weighted by molar-refractivity contribution is 5.73. The number of hydrogen-bond donors (Lipinski definition) is 0. The molecule has 0 spiro atoms. The van der Waals surface area contributed by atoms with Crippen molar-refractivity contribution >= 4 is 6.09 Å². The summed E-state index contributed by atoms with van der Waals surface area (Å²) >= 11 is 0. The van der Waals surface area contributed by atoms with E-state index in [2.05, 4.69) is 13.8 Å². The molecule has 0 aliphatic carbocycles. The molecule has 4 nitrogen and oxygen atoms in total. The lowest BCUT2D eigenvalue weighted by Gasteiger charge is -2.31. The summed E-state index contributed by atoms with van der Waals surface area (Å²) in [7, 11) is 1.62. The predicted octanol–water partition coefficient (Wildman–Crippen LogP) is 4.60. The standard InChI is InChI=1S/C16H19NO3.C2H6/c1-12(2)15-11-14(19-3)9-10-17(15)16(18)20-13-7-5-4-6-8-13;1-2/h4-12,15H,1-3H3;1-2H3. The summed E-state index contributed by atoms with van der Waals surface area (Å²) in [6.45, 7) is 8.10. The maximum Gasteiger partial charge on any atom is 0.419 e. The molecule has 1 aromatic carbocycles. The van der Waals surface area contributed by atoms with Crippen molar-refractivity contribution in [3.05, 3.63) is 54.4 Å². The largest absolute Gasteiger partial charge is 0.497 e. The van der Waals surface area contributed by atoms with Crippen LogP contribution in [-0.2, 0) is 4.74 Å². The second kappa shape index (κ2) is 8.93. The number of carbonyl (C=O) groups excluding carboxylic acids is 1. The van der Waals surface area contributed by atoms with Gasteiger partial charge >= 0.3 is 6.09 Å². The lowest BCUT2D eigenvalue weighted by molar-refractivity contribution is 0.150. The first-order chi connectivity index (χ1) is 10.6. The molecule has 1 aromatic rings. The van der Waals surface area contributed by atoms with Gasteiger partial charge in [0.25, 0.3) is 0 Å². The van der Waals surface area contributed by atoms with Gasteiger partial charge in [-0.2, -0.15) is 0 Å². The molecule has 1 atom stereocenters. The first-order valence-corrected chi connectivity index (χ1v) is 7.61. The summed E-state index contributed by atoms with van der Waals surface area (Å²) < 4.78 is 10.6. The second-order valence-corrected chi connectivity index (χ2v) is 4.91. The number of allylic oxidation sites excluding steroid dienone is 1. The van der Waals surface area contributed by atoms with Gasteiger partial charge in [0, 0.05) is 6.20 Å².